The Morgan fingerprint density at radius 2 is 2.05 bits per heavy atom. The number of aromatic nitrogens is 1. The highest BCUT2D eigenvalue weighted by Crippen LogP contribution is 2.27. The molecule has 0 aliphatic heterocycles. The zero-order valence-electron chi connectivity index (χ0n) is 11.9. The molecule has 1 N–H and O–H groups in total. The standard InChI is InChI=1S/C15H18N4S/c1-11(2)17-9-13-10-20-15(18-13)19(3)14-6-4-12(8-16)5-7-14/h4-7,10-11,17H,9H2,1-3H3. The van der Waals surface area contributed by atoms with E-state index in [9.17, 15) is 0 Å². The number of nitrogens with zero attached hydrogens (tertiary/aromatic N) is 3. The van der Waals surface area contributed by atoms with Gasteiger partial charge in [0.2, 0.25) is 0 Å². The molecule has 5 heteroatoms. The van der Waals surface area contributed by atoms with Crippen molar-refractivity contribution in [2.75, 3.05) is 11.9 Å². The molecule has 2 rings (SSSR count). The van der Waals surface area contributed by atoms with Crippen LogP contribution in [0.15, 0.2) is 29.6 Å². The molecule has 1 aromatic carbocycles. The third-order valence-electron chi connectivity index (χ3n) is 2.90. The fourth-order valence-corrected chi connectivity index (χ4v) is 2.52. The minimum Gasteiger partial charge on any atom is -0.321 e. The molecule has 0 saturated heterocycles. The molecule has 2 aromatic rings. The van der Waals surface area contributed by atoms with Crippen molar-refractivity contribution in [1.82, 2.24) is 10.3 Å². The van der Waals surface area contributed by atoms with Crippen molar-refractivity contribution in [3.63, 3.8) is 0 Å². The molecule has 0 bridgehead atoms. The lowest BCUT2D eigenvalue weighted by atomic mass is 10.2. The first kappa shape index (κ1) is 14.5. The van der Waals surface area contributed by atoms with E-state index >= 15 is 0 Å². The average Bonchev–Trinajstić information content (AvgIpc) is 2.93. The molecule has 0 unspecified atom stereocenters. The van der Waals surface area contributed by atoms with Crippen LogP contribution in [-0.2, 0) is 6.54 Å². The van der Waals surface area contributed by atoms with Crippen LogP contribution in [0.1, 0.15) is 25.1 Å². The number of rotatable bonds is 5. The van der Waals surface area contributed by atoms with E-state index < -0.39 is 0 Å². The number of nitriles is 1. The van der Waals surface area contributed by atoms with E-state index in [1.807, 2.05) is 36.2 Å². The van der Waals surface area contributed by atoms with Crippen LogP contribution in [0.3, 0.4) is 0 Å². The fourth-order valence-electron chi connectivity index (χ4n) is 1.71. The third kappa shape index (κ3) is 3.56. The maximum atomic E-state index is 8.81. The van der Waals surface area contributed by atoms with Crippen molar-refractivity contribution < 1.29 is 0 Å². The molecule has 104 valence electrons. The summed E-state index contributed by atoms with van der Waals surface area (Å²) in [4.78, 5) is 6.65. The largest absolute Gasteiger partial charge is 0.321 e. The van der Waals surface area contributed by atoms with Crippen LogP contribution in [0.2, 0.25) is 0 Å². The molecule has 0 spiro atoms. The summed E-state index contributed by atoms with van der Waals surface area (Å²) in [6.07, 6.45) is 0. The van der Waals surface area contributed by atoms with Crippen molar-refractivity contribution in [1.29, 1.82) is 5.26 Å². The second-order valence-corrected chi connectivity index (χ2v) is 5.71. The van der Waals surface area contributed by atoms with Crippen molar-refractivity contribution >= 4 is 22.2 Å². The Labute approximate surface area is 123 Å². The lowest BCUT2D eigenvalue weighted by molar-refractivity contribution is 0.583. The van der Waals surface area contributed by atoms with Crippen LogP contribution in [0.5, 0.6) is 0 Å². The van der Waals surface area contributed by atoms with Crippen molar-refractivity contribution in [3.8, 4) is 6.07 Å². The molecule has 0 fully saturated rings. The number of hydrogen-bond acceptors (Lipinski definition) is 5. The Morgan fingerprint density at radius 1 is 1.35 bits per heavy atom. The van der Waals surface area contributed by atoms with Gasteiger partial charge < -0.3 is 10.2 Å². The summed E-state index contributed by atoms with van der Waals surface area (Å²) in [5.41, 5.74) is 2.75. The second kappa shape index (κ2) is 6.51. The van der Waals surface area contributed by atoms with Crippen LogP contribution in [0.4, 0.5) is 10.8 Å². The van der Waals surface area contributed by atoms with Gasteiger partial charge in [-0.2, -0.15) is 5.26 Å². The number of anilines is 2. The zero-order valence-corrected chi connectivity index (χ0v) is 12.7. The molecule has 1 heterocycles. The Morgan fingerprint density at radius 3 is 2.65 bits per heavy atom. The van der Waals surface area contributed by atoms with Crippen molar-refractivity contribution in [2.24, 2.45) is 0 Å². The molecular weight excluding hydrogens is 268 g/mol. The van der Waals surface area contributed by atoms with Gasteiger partial charge in [0, 0.05) is 30.7 Å². The van der Waals surface area contributed by atoms with Gasteiger partial charge in [0.25, 0.3) is 0 Å². The molecule has 1 aromatic heterocycles. The van der Waals surface area contributed by atoms with Gasteiger partial charge in [-0.25, -0.2) is 4.98 Å². The predicted octanol–water partition coefficient (Wildman–Crippen LogP) is 3.28. The maximum absolute atomic E-state index is 8.81. The van der Waals surface area contributed by atoms with E-state index in [0.717, 1.165) is 23.1 Å². The van der Waals surface area contributed by atoms with Gasteiger partial charge in [0.1, 0.15) is 0 Å². The quantitative estimate of drug-likeness (QED) is 0.916. The topological polar surface area (TPSA) is 52.0 Å². The van der Waals surface area contributed by atoms with E-state index in [1.165, 1.54) is 0 Å². The average molecular weight is 286 g/mol. The number of nitrogens with one attached hydrogen (secondary N) is 1. The van der Waals surface area contributed by atoms with E-state index in [4.69, 9.17) is 5.26 Å². The minimum atomic E-state index is 0.455. The van der Waals surface area contributed by atoms with Crippen molar-refractivity contribution in [3.05, 3.63) is 40.9 Å². The van der Waals surface area contributed by atoms with E-state index in [2.05, 4.69) is 35.6 Å². The first-order valence-corrected chi connectivity index (χ1v) is 7.40. The summed E-state index contributed by atoms with van der Waals surface area (Å²) in [6.45, 7) is 5.03. The molecule has 0 amide bonds. The lowest BCUT2D eigenvalue weighted by Gasteiger charge is -2.15. The number of hydrogen-bond donors (Lipinski definition) is 1. The highest BCUT2D eigenvalue weighted by molar-refractivity contribution is 7.13. The van der Waals surface area contributed by atoms with Gasteiger partial charge in [0.15, 0.2) is 5.13 Å². The van der Waals surface area contributed by atoms with Gasteiger partial charge >= 0.3 is 0 Å². The van der Waals surface area contributed by atoms with E-state index in [1.54, 1.807) is 11.3 Å². The monoisotopic (exact) mass is 286 g/mol. The van der Waals surface area contributed by atoms with Crippen LogP contribution < -0.4 is 10.2 Å². The van der Waals surface area contributed by atoms with Crippen LogP contribution >= 0.6 is 11.3 Å². The van der Waals surface area contributed by atoms with Gasteiger partial charge in [-0.3, -0.25) is 0 Å². The maximum Gasteiger partial charge on any atom is 0.189 e. The molecule has 0 aliphatic rings. The highest BCUT2D eigenvalue weighted by Gasteiger charge is 2.09. The molecule has 0 saturated carbocycles. The zero-order chi connectivity index (χ0) is 14.5. The highest BCUT2D eigenvalue weighted by atomic mass is 32.1. The first-order chi connectivity index (χ1) is 9.60. The molecule has 0 radical (unpaired) electrons. The fraction of sp³-hybridized carbons (Fsp3) is 0.333. The van der Waals surface area contributed by atoms with Crippen LogP contribution in [-0.4, -0.2) is 18.1 Å². The Bertz CT molecular complexity index is 595. The van der Waals surface area contributed by atoms with Gasteiger partial charge in [-0.15, -0.1) is 11.3 Å². The number of thiazole rings is 1. The SMILES string of the molecule is CC(C)NCc1csc(N(C)c2ccc(C#N)cc2)n1. The van der Waals surface area contributed by atoms with Crippen molar-refractivity contribution in [2.45, 2.75) is 26.4 Å². The molecule has 20 heavy (non-hydrogen) atoms. The predicted molar refractivity (Wildman–Crippen MR) is 83.3 cm³/mol. The van der Waals surface area contributed by atoms with E-state index in [0.29, 0.717) is 11.6 Å². The Balaban J connectivity index is 2.08. The van der Waals surface area contributed by atoms with E-state index in [-0.39, 0.29) is 0 Å². The molecule has 4 nitrogen and oxygen atoms in total. The Kier molecular flexibility index (Phi) is 4.72. The normalized spacial score (nSPS) is 10.6. The summed E-state index contributed by atoms with van der Waals surface area (Å²) in [7, 11) is 1.99. The smallest absolute Gasteiger partial charge is 0.189 e. The summed E-state index contributed by atoms with van der Waals surface area (Å²) in [6, 6.07) is 10.1. The molecule has 0 aliphatic carbocycles. The molecular formula is C15H18N4S. The number of benzene rings is 1. The van der Waals surface area contributed by atoms with Gasteiger partial charge in [-0.05, 0) is 24.3 Å². The van der Waals surface area contributed by atoms with Gasteiger partial charge in [0.05, 0.1) is 17.3 Å². The minimum absolute atomic E-state index is 0.455. The van der Waals surface area contributed by atoms with Gasteiger partial charge in [-0.1, -0.05) is 13.8 Å². The summed E-state index contributed by atoms with van der Waals surface area (Å²) >= 11 is 1.62. The summed E-state index contributed by atoms with van der Waals surface area (Å²) in [5, 5.41) is 15.2. The first-order valence-electron chi connectivity index (χ1n) is 6.52. The molecule has 0 atom stereocenters. The third-order valence-corrected chi connectivity index (χ3v) is 3.87. The second-order valence-electron chi connectivity index (χ2n) is 4.87. The Hall–Kier alpha value is -1.90. The lowest BCUT2D eigenvalue weighted by Crippen LogP contribution is -2.22. The van der Waals surface area contributed by atoms with Crippen LogP contribution in [0, 0.1) is 11.3 Å². The summed E-state index contributed by atoms with van der Waals surface area (Å²) in [5.74, 6) is 0. The van der Waals surface area contributed by atoms with Crippen LogP contribution in [0.25, 0.3) is 0 Å². The summed E-state index contributed by atoms with van der Waals surface area (Å²) < 4.78 is 0.